The minimum atomic E-state index is -0.734. The maximum Gasteiger partial charge on any atom is 0.419 e. The average Bonchev–Trinajstić information content (AvgIpc) is 2.31. The van der Waals surface area contributed by atoms with Crippen molar-refractivity contribution >= 4 is 28.1 Å². The van der Waals surface area contributed by atoms with Gasteiger partial charge in [-0.05, 0) is 41.5 Å². The molecule has 0 aromatic heterocycles. The van der Waals surface area contributed by atoms with Crippen LogP contribution in [0.15, 0.2) is 0 Å². The smallest absolute Gasteiger partial charge is 0.419 e. The molecular weight excluding hydrogens is 352 g/mol. The Hall–Kier alpha value is -0.820. The zero-order chi connectivity index (χ0) is 17.8. The number of nitrogens with zero attached hydrogens (tertiary/aromatic N) is 1. The molecule has 0 saturated carbocycles. The number of rotatable bonds is 4. The molecule has 0 aliphatic rings. The lowest BCUT2D eigenvalue weighted by Crippen LogP contribution is -2.50. The van der Waals surface area contributed by atoms with Crippen LogP contribution in [0.3, 0.4) is 0 Å². The van der Waals surface area contributed by atoms with E-state index in [1.165, 1.54) is 0 Å². The Balaban J connectivity index is 5.31. The van der Waals surface area contributed by atoms with Gasteiger partial charge in [0.1, 0.15) is 11.2 Å². The van der Waals surface area contributed by atoms with E-state index in [1.807, 2.05) is 6.92 Å². The Labute approximate surface area is 141 Å². The van der Waals surface area contributed by atoms with Gasteiger partial charge in [-0.15, -0.1) is 0 Å². The van der Waals surface area contributed by atoms with Crippen molar-refractivity contribution in [2.75, 3.05) is 18.4 Å². The second-order valence-electron chi connectivity index (χ2n) is 7.70. The molecule has 130 valence electrons. The molecule has 6 nitrogen and oxygen atoms in total. The number of alkyl halides is 1. The predicted molar refractivity (Wildman–Crippen MR) is 90.1 cm³/mol. The Morgan fingerprint density at radius 3 is 1.55 bits per heavy atom. The van der Waals surface area contributed by atoms with Gasteiger partial charge in [0.05, 0.1) is 0 Å². The van der Waals surface area contributed by atoms with Crippen molar-refractivity contribution in [3.63, 3.8) is 0 Å². The lowest BCUT2D eigenvalue weighted by Gasteiger charge is -2.34. The van der Waals surface area contributed by atoms with Crippen molar-refractivity contribution in [1.82, 2.24) is 4.90 Å². The maximum absolute atomic E-state index is 12.3. The van der Waals surface area contributed by atoms with Gasteiger partial charge in [0.15, 0.2) is 0 Å². The van der Waals surface area contributed by atoms with E-state index in [9.17, 15) is 9.59 Å². The van der Waals surface area contributed by atoms with Gasteiger partial charge in [0.25, 0.3) is 0 Å². The molecule has 0 radical (unpaired) electrons. The third kappa shape index (κ3) is 7.98. The van der Waals surface area contributed by atoms with Crippen LogP contribution in [0, 0.1) is 5.41 Å². The molecular formula is C15H29BrN2O4. The summed E-state index contributed by atoms with van der Waals surface area (Å²) in [7, 11) is 0. The van der Waals surface area contributed by atoms with Crippen LogP contribution in [-0.2, 0) is 9.47 Å². The molecule has 7 heteroatoms. The summed E-state index contributed by atoms with van der Waals surface area (Å²) in [5.74, 6) is 0. The molecule has 0 fully saturated rings. The predicted octanol–water partition coefficient (Wildman–Crippen LogP) is 3.52. The van der Waals surface area contributed by atoms with Gasteiger partial charge in [-0.3, -0.25) is 0 Å². The molecule has 1 unspecified atom stereocenters. The van der Waals surface area contributed by atoms with E-state index in [4.69, 9.17) is 15.2 Å². The first-order valence-corrected chi connectivity index (χ1v) is 8.35. The van der Waals surface area contributed by atoms with Crippen molar-refractivity contribution < 1.29 is 19.1 Å². The number of imide groups is 1. The number of hydrogen-bond acceptors (Lipinski definition) is 5. The van der Waals surface area contributed by atoms with Crippen LogP contribution in [-0.4, -0.2) is 46.7 Å². The fourth-order valence-electron chi connectivity index (χ4n) is 1.38. The monoisotopic (exact) mass is 380 g/mol. The van der Waals surface area contributed by atoms with Crippen LogP contribution in [0.25, 0.3) is 0 Å². The van der Waals surface area contributed by atoms with Crippen molar-refractivity contribution in [1.29, 1.82) is 0 Å². The number of ether oxygens (including phenoxy) is 2. The molecule has 1 atom stereocenters. The Morgan fingerprint density at radius 1 is 0.955 bits per heavy atom. The van der Waals surface area contributed by atoms with Gasteiger partial charge in [-0.1, -0.05) is 22.9 Å². The molecule has 0 heterocycles. The first-order chi connectivity index (χ1) is 9.73. The lowest BCUT2D eigenvalue weighted by atomic mass is 9.93. The van der Waals surface area contributed by atoms with Crippen molar-refractivity contribution in [3.8, 4) is 0 Å². The minimum Gasteiger partial charge on any atom is -0.443 e. The molecule has 0 aliphatic heterocycles. The van der Waals surface area contributed by atoms with Crippen LogP contribution < -0.4 is 5.73 Å². The third-order valence-electron chi connectivity index (χ3n) is 2.58. The summed E-state index contributed by atoms with van der Waals surface area (Å²) in [5, 5.41) is 0.540. The van der Waals surface area contributed by atoms with Gasteiger partial charge >= 0.3 is 12.2 Å². The Bertz CT molecular complexity index is 367. The highest BCUT2D eigenvalue weighted by molar-refractivity contribution is 9.09. The number of carbonyl (C=O) groups excluding carboxylic acids is 2. The topological polar surface area (TPSA) is 81.9 Å². The first-order valence-electron chi connectivity index (χ1n) is 7.22. The third-order valence-corrected chi connectivity index (χ3v) is 3.94. The number of nitrogens with two attached hydrogens (primary N) is 1. The van der Waals surface area contributed by atoms with E-state index in [-0.39, 0.29) is 6.54 Å². The van der Waals surface area contributed by atoms with E-state index >= 15 is 0 Å². The fraction of sp³-hybridized carbons (Fsp3) is 0.867. The number of amides is 2. The maximum atomic E-state index is 12.3. The van der Waals surface area contributed by atoms with Gasteiger partial charge in [-0.2, -0.15) is 0 Å². The van der Waals surface area contributed by atoms with Crippen molar-refractivity contribution in [2.45, 2.75) is 59.7 Å². The average molecular weight is 381 g/mol. The van der Waals surface area contributed by atoms with Gasteiger partial charge < -0.3 is 15.2 Å². The van der Waals surface area contributed by atoms with Crippen LogP contribution in [0.4, 0.5) is 9.59 Å². The Morgan fingerprint density at radius 2 is 1.32 bits per heavy atom. The van der Waals surface area contributed by atoms with Crippen LogP contribution in [0.2, 0.25) is 0 Å². The summed E-state index contributed by atoms with van der Waals surface area (Å²) >= 11 is 3.37. The summed E-state index contributed by atoms with van der Waals surface area (Å²) < 4.78 is 10.6. The summed E-state index contributed by atoms with van der Waals surface area (Å²) in [4.78, 5) is 25.7. The highest BCUT2D eigenvalue weighted by atomic mass is 79.9. The largest absolute Gasteiger partial charge is 0.443 e. The molecule has 0 aromatic carbocycles. The second kappa shape index (κ2) is 7.64. The quantitative estimate of drug-likeness (QED) is 0.754. The summed E-state index contributed by atoms with van der Waals surface area (Å²) in [6.07, 6.45) is -1.47. The lowest BCUT2D eigenvalue weighted by molar-refractivity contribution is -0.00448. The molecule has 22 heavy (non-hydrogen) atoms. The molecule has 2 amide bonds. The van der Waals surface area contributed by atoms with E-state index in [1.54, 1.807) is 41.5 Å². The summed E-state index contributed by atoms with van der Waals surface area (Å²) in [6.45, 7) is 12.7. The standard InChI is InChI=1S/C15H29BrN2O4/c1-13(2,3)21-11(19)18(10-15(7,8-16)9-17)12(20)22-14(4,5)6/h8-10,17H2,1-7H3. The van der Waals surface area contributed by atoms with E-state index in [2.05, 4.69) is 15.9 Å². The number of carbonyl (C=O) groups is 2. The van der Waals surface area contributed by atoms with Gasteiger partial charge in [0, 0.05) is 23.8 Å². The second-order valence-corrected chi connectivity index (χ2v) is 8.26. The SMILES string of the molecule is CC(CN)(CBr)CN(C(=O)OC(C)(C)C)C(=O)OC(C)(C)C. The molecule has 0 saturated heterocycles. The molecule has 0 bridgehead atoms. The van der Waals surface area contributed by atoms with Crippen LogP contribution in [0.5, 0.6) is 0 Å². The Kier molecular flexibility index (Phi) is 7.35. The molecule has 2 N–H and O–H groups in total. The van der Waals surface area contributed by atoms with Crippen molar-refractivity contribution in [2.24, 2.45) is 11.1 Å². The summed E-state index contributed by atoms with van der Waals surface area (Å²) in [6, 6.07) is 0. The molecule has 0 spiro atoms. The first kappa shape index (κ1) is 21.2. The van der Waals surface area contributed by atoms with E-state index in [0.717, 1.165) is 4.90 Å². The number of hydrogen-bond donors (Lipinski definition) is 1. The van der Waals surface area contributed by atoms with Gasteiger partial charge in [0.2, 0.25) is 0 Å². The highest BCUT2D eigenvalue weighted by Crippen LogP contribution is 2.23. The zero-order valence-electron chi connectivity index (χ0n) is 14.7. The van der Waals surface area contributed by atoms with Gasteiger partial charge in [-0.25, -0.2) is 14.5 Å². The minimum absolute atomic E-state index is 0.110. The van der Waals surface area contributed by atoms with Crippen LogP contribution >= 0.6 is 15.9 Å². The normalized spacial score (nSPS) is 15.0. The zero-order valence-corrected chi connectivity index (χ0v) is 16.2. The number of halogens is 1. The summed E-state index contributed by atoms with van der Waals surface area (Å²) in [5.41, 5.74) is 3.89. The molecule has 0 rings (SSSR count). The highest BCUT2D eigenvalue weighted by Gasteiger charge is 2.36. The molecule has 0 aliphatic carbocycles. The molecule has 0 aromatic rings. The van der Waals surface area contributed by atoms with E-state index < -0.39 is 28.8 Å². The van der Waals surface area contributed by atoms with Crippen molar-refractivity contribution in [3.05, 3.63) is 0 Å². The van der Waals surface area contributed by atoms with Crippen LogP contribution in [0.1, 0.15) is 48.5 Å². The fourth-order valence-corrected chi connectivity index (χ4v) is 1.79. The van der Waals surface area contributed by atoms with E-state index in [0.29, 0.717) is 11.9 Å².